The molecule has 0 saturated carbocycles. The zero-order valence-corrected chi connectivity index (χ0v) is 21.2. The van der Waals surface area contributed by atoms with E-state index in [0.29, 0.717) is 18.8 Å². The topological polar surface area (TPSA) is 47.6 Å². The van der Waals surface area contributed by atoms with E-state index < -0.39 is 0 Å². The van der Waals surface area contributed by atoms with Crippen molar-refractivity contribution in [1.29, 1.82) is 0 Å². The predicted octanol–water partition coefficient (Wildman–Crippen LogP) is 7.18. The average molecular weight is 470 g/mol. The van der Waals surface area contributed by atoms with Gasteiger partial charge >= 0.3 is 5.97 Å². The molecule has 1 aliphatic rings. The summed E-state index contributed by atoms with van der Waals surface area (Å²) in [6.07, 6.45) is 4.21. The highest BCUT2D eigenvalue weighted by atomic mass is 16.5. The minimum absolute atomic E-state index is 0.0805. The summed E-state index contributed by atoms with van der Waals surface area (Å²) in [5.74, 6) is 0.662. The summed E-state index contributed by atoms with van der Waals surface area (Å²) < 4.78 is 11.5. The first-order chi connectivity index (χ1) is 16.9. The lowest BCUT2D eigenvalue weighted by Crippen LogP contribution is -2.22. The van der Waals surface area contributed by atoms with Crippen molar-refractivity contribution in [3.8, 4) is 5.75 Å². The molecule has 0 atom stereocenters. The number of benzene rings is 3. The molecule has 3 aromatic carbocycles. The van der Waals surface area contributed by atoms with Crippen LogP contribution in [-0.4, -0.2) is 19.1 Å². The molecule has 0 fully saturated rings. The van der Waals surface area contributed by atoms with E-state index in [0.717, 1.165) is 36.4 Å². The maximum atomic E-state index is 11.9. The zero-order valence-electron chi connectivity index (χ0n) is 21.2. The summed E-state index contributed by atoms with van der Waals surface area (Å²) in [7, 11) is 0. The second-order valence-corrected chi connectivity index (χ2v) is 9.73. The molecule has 0 aromatic heterocycles. The highest BCUT2D eigenvalue weighted by molar-refractivity contribution is 5.89. The number of nitrogens with one attached hydrogen (secondary N) is 1. The van der Waals surface area contributed by atoms with Gasteiger partial charge in [-0.1, -0.05) is 50.3 Å². The number of hydrogen-bond donors (Lipinski definition) is 1. The van der Waals surface area contributed by atoms with Crippen molar-refractivity contribution in [2.75, 3.05) is 18.5 Å². The number of anilines is 1. The molecule has 0 heterocycles. The van der Waals surface area contributed by atoms with Gasteiger partial charge in [0, 0.05) is 12.2 Å². The van der Waals surface area contributed by atoms with Gasteiger partial charge in [-0.25, -0.2) is 4.79 Å². The second-order valence-electron chi connectivity index (χ2n) is 9.73. The Morgan fingerprint density at radius 2 is 1.77 bits per heavy atom. The van der Waals surface area contributed by atoms with E-state index in [1.54, 1.807) is 12.1 Å². The molecule has 35 heavy (non-hydrogen) atoms. The van der Waals surface area contributed by atoms with Crippen molar-refractivity contribution in [1.82, 2.24) is 0 Å². The van der Waals surface area contributed by atoms with Crippen LogP contribution in [0.2, 0.25) is 0 Å². The van der Waals surface area contributed by atoms with Gasteiger partial charge < -0.3 is 14.8 Å². The van der Waals surface area contributed by atoms with Crippen LogP contribution in [0.15, 0.2) is 72.8 Å². The van der Waals surface area contributed by atoms with Gasteiger partial charge in [0.15, 0.2) is 0 Å². The minimum atomic E-state index is -0.292. The Morgan fingerprint density at radius 1 is 1.03 bits per heavy atom. The van der Waals surface area contributed by atoms with Crippen molar-refractivity contribution >= 4 is 17.2 Å². The van der Waals surface area contributed by atoms with Gasteiger partial charge in [-0.05, 0) is 96.3 Å². The van der Waals surface area contributed by atoms with E-state index in [4.69, 9.17) is 9.47 Å². The number of carbonyl (C=O) groups is 1. The Kier molecular flexibility index (Phi) is 7.60. The van der Waals surface area contributed by atoms with Gasteiger partial charge in [0.2, 0.25) is 0 Å². The molecule has 182 valence electrons. The van der Waals surface area contributed by atoms with Crippen molar-refractivity contribution in [2.24, 2.45) is 0 Å². The molecule has 1 aliphatic carbocycles. The van der Waals surface area contributed by atoms with E-state index in [2.05, 4.69) is 56.4 Å². The highest BCUT2D eigenvalue weighted by Gasteiger charge is 2.28. The fourth-order valence-electron chi connectivity index (χ4n) is 4.48. The zero-order chi connectivity index (χ0) is 24.8. The molecule has 4 rings (SSSR count). The van der Waals surface area contributed by atoms with Gasteiger partial charge in [0.25, 0.3) is 0 Å². The van der Waals surface area contributed by atoms with E-state index in [-0.39, 0.29) is 11.4 Å². The van der Waals surface area contributed by atoms with Gasteiger partial charge in [-0.2, -0.15) is 0 Å². The first kappa shape index (κ1) is 24.6. The summed E-state index contributed by atoms with van der Waals surface area (Å²) in [5.41, 5.74) is 7.98. The van der Waals surface area contributed by atoms with E-state index in [1.165, 1.54) is 22.3 Å². The predicted molar refractivity (Wildman–Crippen MR) is 143 cm³/mol. The minimum Gasteiger partial charge on any atom is -0.489 e. The molecule has 4 nitrogen and oxygen atoms in total. The summed E-state index contributed by atoms with van der Waals surface area (Å²) in [4.78, 5) is 11.9. The molecule has 4 heteroatoms. The van der Waals surface area contributed by atoms with Gasteiger partial charge in [0.1, 0.15) is 12.4 Å². The molecular weight excluding hydrogens is 434 g/mol. The van der Waals surface area contributed by atoms with Gasteiger partial charge in [-0.3, -0.25) is 0 Å². The summed E-state index contributed by atoms with van der Waals surface area (Å²) >= 11 is 0. The van der Waals surface area contributed by atoms with Crippen LogP contribution < -0.4 is 10.1 Å². The van der Waals surface area contributed by atoms with Gasteiger partial charge in [-0.15, -0.1) is 0 Å². The maximum Gasteiger partial charge on any atom is 0.338 e. The molecule has 0 saturated heterocycles. The number of allylic oxidation sites excluding steroid dienone is 2. The number of fused-ring (bicyclic) bond motifs is 1. The fraction of sp³-hybridized carbons (Fsp3) is 0.323. The molecule has 3 aromatic rings. The molecule has 0 bridgehead atoms. The molecule has 0 unspecified atom stereocenters. The Balaban J connectivity index is 1.52. The third-order valence-electron chi connectivity index (χ3n) is 6.63. The quantitative estimate of drug-likeness (QED) is 0.337. The summed E-state index contributed by atoms with van der Waals surface area (Å²) in [6.45, 7) is 10.3. The third kappa shape index (κ3) is 5.94. The smallest absolute Gasteiger partial charge is 0.338 e. The van der Waals surface area contributed by atoms with Crippen molar-refractivity contribution in [3.05, 3.63) is 101 Å². The Morgan fingerprint density at radius 3 is 2.49 bits per heavy atom. The Bertz CT molecular complexity index is 1190. The highest BCUT2D eigenvalue weighted by Crippen LogP contribution is 2.42. The van der Waals surface area contributed by atoms with Gasteiger partial charge in [0.05, 0.1) is 12.2 Å². The number of rotatable bonds is 9. The lowest BCUT2D eigenvalue weighted by molar-refractivity contribution is 0.0526. The van der Waals surface area contributed by atoms with Crippen LogP contribution in [0.3, 0.4) is 0 Å². The molecule has 0 aliphatic heterocycles. The SMILES string of the molecule is CCOC(=O)c1ccc(NCCc2cc3c(cc2OCc2ccccc2)C(C)(C)CC=C3C)cc1. The molecular formula is C31H35NO3. The number of esters is 1. The Labute approximate surface area is 209 Å². The van der Waals surface area contributed by atoms with Crippen LogP contribution >= 0.6 is 0 Å². The number of hydrogen-bond acceptors (Lipinski definition) is 4. The van der Waals surface area contributed by atoms with Crippen LogP contribution in [0.5, 0.6) is 5.75 Å². The first-order valence-corrected chi connectivity index (χ1v) is 12.4. The number of ether oxygens (including phenoxy) is 2. The van der Waals surface area contributed by atoms with Crippen LogP contribution in [-0.2, 0) is 23.2 Å². The molecule has 0 spiro atoms. The fourth-order valence-corrected chi connectivity index (χ4v) is 4.48. The van der Waals surface area contributed by atoms with E-state index in [9.17, 15) is 4.79 Å². The standard InChI is InChI=1S/C31H35NO3/c1-5-34-30(33)24-11-13-26(14-12-24)32-18-16-25-19-27-22(2)15-17-31(3,4)28(27)20-29(25)35-21-23-9-7-6-8-10-23/h6-15,19-20,32H,5,16-18,21H2,1-4H3. The maximum absolute atomic E-state index is 11.9. The van der Waals surface area contributed by atoms with Crippen LogP contribution in [0.25, 0.3) is 5.57 Å². The van der Waals surface area contributed by atoms with Crippen LogP contribution in [0.1, 0.15) is 66.7 Å². The summed E-state index contributed by atoms with van der Waals surface area (Å²) in [5, 5.41) is 3.48. The normalized spacial score (nSPS) is 14.0. The molecule has 1 N–H and O–H groups in total. The first-order valence-electron chi connectivity index (χ1n) is 12.4. The average Bonchev–Trinajstić information content (AvgIpc) is 2.86. The Hall–Kier alpha value is -3.53. The number of carbonyl (C=O) groups excluding carboxylic acids is 1. The molecule has 0 amide bonds. The lowest BCUT2D eigenvalue weighted by atomic mass is 9.73. The monoisotopic (exact) mass is 469 g/mol. The van der Waals surface area contributed by atoms with Crippen LogP contribution in [0, 0.1) is 0 Å². The van der Waals surface area contributed by atoms with Crippen LogP contribution in [0.4, 0.5) is 5.69 Å². The second kappa shape index (κ2) is 10.8. The van der Waals surface area contributed by atoms with Crippen molar-refractivity contribution in [3.63, 3.8) is 0 Å². The van der Waals surface area contributed by atoms with E-state index in [1.807, 2.05) is 37.3 Å². The van der Waals surface area contributed by atoms with E-state index >= 15 is 0 Å². The lowest BCUT2D eigenvalue weighted by Gasteiger charge is -2.32. The van der Waals surface area contributed by atoms with Crippen molar-refractivity contribution < 1.29 is 14.3 Å². The third-order valence-corrected chi connectivity index (χ3v) is 6.63. The largest absolute Gasteiger partial charge is 0.489 e. The summed E-state index contributed by atoms with van der Waals surface area (Å²) in [6, 6.07) is 22.3. The van der Waals surface area contributed by atoms with Crippen molar-refractivity contribution in [2.45, 2.75) is 52.6 Å². The molecule has 0 radical (unpaired) electrons.